The first-order valence-corrected chi connectivity index (χ1v) is 9.68. The van der Waals surface area contributed by atoms with Crippen molar-refractivity contribution in [2.45, 2.75) is 27.4 Å². The topological polar surface area (TPSA) is 57.1 Å². The normalized spacial score (nSPS) is 14.9. The second-order valence-electron chi connectivity index (χ2n) is 6.09. The number of cyclic esters (lactones) is 1. The van der Waals surface area contributed by atoms with Crippen LogP contribution < -0.4 is 9.47 Å². The number of carbonyl (C=O) groups excluding carboxylic acids is 1. The van der Waals surface area contributed by atoms with Crippen LogP contribution in [0, 0.1) is 10.5 Å². The number of hydrogen-bond donors (Lipinski definition) is 0. The van der Waals surface area contributed by atoms with E-state index in [1.165, 1.54) is 5.56 Å². The molecule has 2 aromatic carbocycles. The molecule has 6 heteroatoms. The van der Waals surface area contributed by atoms with Crippen LogP contribution in [0.4, 0.5) is 0 Å². The van der Waals surface area contributed by atoms with Crippen LogP contribution in [0.15, 0.2) is 47.1 Å². The molecule has 0 aromatic heterocycles. The summed E-state index contributed by atoms with van der Waals surface area (Å²) < 4.78 is 17.7. The molecule has 0 amide bonds. The quantitative estimate of drug-likeness (QED) is 0.338. The highest BCUT2D eigenvalue weighted by Crippen LogP contribution is 2.35. The minimum absolute atomic E-state index is 0.277. The van der Waals surface area contributed by atoms with Gasteiger partial charge in [0.25, 0.3) is 0 Å². The summed E-state index contributed by atoms with van der Waals surface area (Å²) in [5.74, 6) is 1.23. The van der Waals surface area contributed by atoms with E-state index >= 15 is 0 Å². The number of rotatable bonds is 6. The number of nitrogens with zero attached hydrogens (tertiary/aromatic N) is 1. The fourth-order valence-corrected chi connectivity index (χ4v) is 3.37. The summed E-state index contributed by atoms with van der Waals surface area (Å²) in [6.07, 6.45) is 1.69. The molecule has 1 heterocycles. The maximum Gasteiger partial charge on any atom is 0.363 e. The van der Waals surface area contributed by atoms with Crippen LogP contribution in [0.25, 0.3) is 6.08 Å². The second-order valence-corrected chi connectivity index (χ2v) is 7.25. The van der Waals surface area contributed by atoms with Gasteiger partial charge in [-0.25, -0.2) is 9.79 Å². The molecule has 0 aliphatic carbocycles. The highest BCUT2D eigenvalue weighted by Gasteiger charge is 2.20. The van der Waals surface area contributed by atoms with E-state index < -0.39 is 5.97 Å². The minimum Gasteiger partial charge on any atom is -0.490 e. The Morgan fingerprint density at radius 1 is 1.15 bits per heavy atom. The number of carbonyl (C=O) groups is 1. The fourth-order valence-electron chi connectivity index (χ4n) is 2.59. The summed E-state index contributed by atoms with van der Waals surface area (Å²) in [6.45, 7) is 6.59. The SMILES string of the molecule is CCOc1cc(/C=C2/N=C(C)OC2=O)cc(I)c1OCc1ccc(C)cc1. The molecule has 0 N–H and O–H groups in total. The predicted octanol–water partition coefficient (Wildman–Crippen LogP) is 4.89. The number of halogens is 1. The minimum atomic E-state index is -0.444. The van der Waals surface area contributed by atoms with Crippen molar-refractivity contribution in [1.29, 1.82) is 0 Å². The van der Waals surface area contributed by atoms with E-state index in [0.29, 0.717) is 30.6 Å². The molecule has 1 aliphatic rings. The number of esters is 1. The van der Waals surface area contributed by atoms with E-state index in [9.17, 15) is 4.79 Å². The van der Waals surface area contributed by atoms with Gasteiger partial charge in [0.2, 0.25) is 0 Å². The van der Waals surface area contributed by atoms with Gasteiger partial charge >= 0.3 is 5.97 Å². The van der Waals surface area contributed by atoms with E-state index in [1.54, 1.807) is 13.0 Å². The zero-order valence-corrected chi connectivity index (χ0v) is 17.6. The summed E-state index contributed by atoms with van der Waals surface area (Å²) in [7, 11) is 0. The number of hydrogen-bond acceptors (Lipinski definition) is 5. The Bertz CT molecular complexity index is 917. The van der Waals surface area contributed by atoms with Gasteiger partial charge in [0, 0.05) is 6.92 Å². The monoisotopic (exact) mass is 477 g/mol. The van der Waals surface area contributed by atoms with Crippen molar-refractivity contribution in [3.63, 3.8) is 0 Å². The van der Waals surface area contributed by atoms with Gasteiger partial charge in [0.1, 0.15) is 6.61 Å². The lowest BCUT2D eigenvalue weighted by atomic mass is 10.1. The van der Waals surface area contributed by atoms with Crippen molar-refractivity contribution >= 4 is 40.5 Å². The molecule has 1 aliphatic heterocycles. The number of aliphatic imine (C=N–C) groups is 1. The van der Waals surface area contributed by atoms with Gasteiger partial charge in [-0.3, -0.25) is 0 Å². The van der Waals surface area contributed by atoms with Gasteiger partial charge in [0.05, 0.1) is 10.2 Å². The highest BCUT2D eigenvalue weighted by molar-refractivity contribution is 14.1. The molecule has 0 atom stereocenters. The summed E-state index contributed by atoms with van der Waals surface area (Å²) in [5.41, 5.74) is 3.38. The Morgan fingerprint density at radius 2 is 1.89 bits per heavy atom. The molecule has 0 radical (unpaired) electrons. The van der Waals surface area contributed by atoms with Crippen molar-refractivity contribution < 1.29 is 19.0 Å². The van der Waals surface area contributed by atoms with Gasteiger partial charge in [-0.1, -0.05) is 29.8 Å². The highest BCUT2D eigenvalue weighted by atomic mass is 127. The maximum absolute atomic E-state index is 11.8. The Hall–Kier alpha value is -2.35. The average Bonchev–Trinajstić information content (AvgIpc) is 2.93. The Kier molecular flexibility index (Phi) is 6.15. The Balaban J connectivity index is 1.87. The van der Waals surface area contributed by atoms with E-state index in [4.69, 9.17) is 14.2 Å². The van der Waals surface area contributed by atoms with E-state index in [2.05, 4.69) is 46.6 Å². The zero-order valence-electron chi connectivity index (χ0n) is 15.4. The van der Waals surface area contributed by atoms with Crippen LogP contribution in [0.3, 0.4) is 0 Å². The zero-order chi connectivity index (χ0) is 19.4. The molecule has 0 fully saturated rings. The third kappa shape index (κ3) is 4.88. The average molecular weight is 477 g/mol. The molecule has 2 aromatic rings. The molecule has 140 valence electrons. The molecule has 0 saturated heterocycles. The van der Waals surface area contributed by atoms with Crippen molar-refractivity contribution in [3.05, 3.63) is 62.4 Å². The molecular weight excluding hydrogens is 457 g/mol. The lowest BCUT2D eigenvalue weighted by molar-refractivity contribution is -0.130. The van der Waals surface area contributed by atoms with Crippen molar-refractivity contribution in [2.75, 3.05) is 6.61 Å². The third-order valence-corrected chi connectivity index (χ3v) is 4.67. The van der Waals surface area contributed by atoms with Crippen LogP contribution in [0.1, 0.15) is 30.5 Å². The number of aryl methyl sites for hydroxylation is 1. The largest absolute Gasteiger partial charge is 0.490 e. The molecule has 0 bridgehead atoms. The maximum atomic E-state index is 11.8. The van der Waals surface area contributed by atoms with Gasteiger partial charge in [-0.15, -0.1) is 0 Å². The van der Waals surface area contributed by atoms with Crippen LogP contribution in [-0.4, -0.2) is 18.5 Å². The smallest absolute Gasteiger partial charge is 0.363 e. The molecule has 5 nitrogen and oxygen atoms in total. The fraction of sp³-hybridized carbons (Fsp3) is 0.238. The van der Waals surface area contributed by atoms with Crippen LogP contribution >= 0.6 is 22.6 Å². The first kappa shape index (κ1) is 19.4. The summed E-state index contributed by atoms with van der Waals surface area (Å²) >= 11 is 2.21. The predicted molar refractivity (Wildman–Crippen MR) is 113 cm³/mol. The molecule has 3 rings (SSSR count). The van der Waals surface area contributed by atoms with Gasteiger partial charge in [-0.2, -0.15) is 0 Å². The Morgan fingerprint density at radius 3 is 2.52 bits per heavy atom. The van der Waals surface area contributed by atoms with Gasteiger partial charge in [-0.05, 0) is 65.8 Å². The van der Waals surface area contributed by atoms with E-state index in [0.717, 1.165) is 14.7 Å². The third-order valence-electron chi connectivity index (χ3n) is 3.87. The molecular formula is C21H20INO4. The van der Waals surface area contributed by atoms with Crippen LogP contribution in [0.2, 0.25) is 0 Å². The summed E-state index contributed by atoms with van der Waals surface area (Å²) in [4.78, 5) is 15.9. The van der Waals surface area contributed by atoms with E-state index in [1.807, 2.05) is 31.2 Å². The standard InChI is InChI=1S/C21H20INO4/c1-4-25-19-11-16(10-18-21(24)27-14(3)23-18)9-17(22)20(19)26-12-15-7-5-13(2)6-8-15/h5-11H,4,12H2,1-3H3/b18-10+. The molecule has 27 heavy (non-hydrogen) atoms. The van der Waals surface area contributed by atoms with Crippen molar-refractivity contribution in [1.82, 2.24) is 0 Å². The van der Waals surface area contributed by atoms with Crippen molar-refractivity contribution in [2.24, 2.45) is 4.99 Å². The van der Waals surface area contributed by atoms with Crippen LogP contribution in [-0.2, 0) is 16.1 Å². The summed E-state index contributed by atoms with van der Waals surface area (Å²) in [6, 6.07) is 12.0. The molecule has 0 unspecified atom stereocenters. The lowest BCUT2D eigenvalue weighted by Gasteiger charge is -2.15. The van der Waals surface area contributed by atoms with Crippen LogP contribution in [0.5, 0.6) is 11.5 Å². The first-order chi connectivity index (χ1) is 13.0. The summed E-state index contributed by atoms with van der Waals surface area (Å²) in [5, 5.41) is 0. The lowest BCUT2D eigenvalue weighted by Crippen LogP contribution is -2.02. The number of ether oxygens (including phenoxy) is 3. The second kappa shape index (κ2) is 8.56. The van der Waals surface area contributed by atoms with Gasteiger partial charge in [0.15, 0.2) is 23.1 Å². The molecule has 0 spiro atoms. The van der Waals surface area contributed by atoms with Crippen molar-refractivity contribution in [3.8, 4) is 11.5 Å². The van der Waals surface area contributed by atoms with E-state index in [-0.39, 0.29) is 5.70 Å². The first-order valence-electron chi connectivity index (χ1n) is 8.60. The number of benzene rings is 2. The van der Waals surface area contributed by atoms with Gasteiger partial charge < -0.3 is 14.2 Å². The Labute approximate surface area is 172 Å². The molecule has 0 saturated carbocycles.